The van der Waals surface area contributed by atoms with Crippen molar-refractivity contribution < 1.29 is 23.9 Å². The minimum Gasteiger partial charge on any atom is -0.462 e. The molecule has 0 aromatic heterocycles. The van der Waals surface area contributed by atoms with Crippen molar-refractivity contribution in [3.63, 3.8) is 0 Å². The van der Waals surface area contributed by atoms with Gasteiger partial charge in [0.05, 0.1) is 17.2 Å². The summed E-state index contributed by atoms with van der Waals surface area (Å²) in [6.45, 7) is 9.11. The Hall–Kier alpha value is -1.76. The third-order valence-electron chi connectivity index (χ3n) is 6.81. The van der Waals surface area contributed by atoms with Gasteiger partial charge in [-0.3, -0.25) is 9.69 Å². The van der Waals surface area contributed by atoms with Crippen LogP contribution in [0.3, 0.4) is 0 Å². The van der Waals surface area contributed by atoms with Crippen molar-refractivity contribution in [2.45, 2.75) is 69.1 Å². The number of nitriles is 1. The maximum Gasteiger partial charge on any atom is 0.348 e. The number of carbonyl (C=O) groups excluding carboxylic acids is 3. The third-order valence-corrected chi connectivity index (χ3v) is 9.81. The Labute approximate surface area is 217 Å². The van der Waals surface area contributed by atoms with Gasteiger partial charge >= 0.3 is 11.9 Å². The number of piperidine rings is 1. The summed E-state index contributed by atoms with van der Waals surface area (Å²) < 4.78 is 10.4. The van der Waals surface area contributed by atoms with Crippen LogP contribution in [0, 0.1) is 23.2 Å². The van der Waals surface area contributed by atoms with Crippen molar-refractivity contribution in [3.05, 3.63) is 23.8 Å². The number of rotatable bonds is 8. The fourth-order valence-electron chi connectivity index (χ4n) is 4.77. The number of nitrogens with zero attached hydrogens (tertiary/aromatic N) is 2. The minimum absolute atomic E-state index is 0.00803. The number of likely N-dealkylation sites (tertiary alicyclic amines) is 1. The molecule has 3 rings (SSSR count). The van der Waals surface area contributed by atoms with Crippen molar-refractivity contribution >= 4 is 41.2 Å². The molecule has 192 valence electrons. The van der Waals surface area contributed by atoms with Crippen molar-refractivity contribution in [1.82, 2.24) is 4.90 Å². The molecule has 7 nitrogen and oxygen atoms in total. The lowest BCUT2D eigenvalue weighted by atomic mass is 9.92. The van der Waals surface area contributed by atoms with Crippen LogP contribution in [-0.2, 0) is 23.9 Å². The van der Waals surface area contributed by atoms with Crippen LogP contribution in [0.1, 0.15) is 52.4 Å². The van der Waals surface area contributed by atoms with Crippen molar-refractivity contribution in [3.8, 4) is 6.07 Å². The number of allylic oxidation sites excluding steroid dienone is 1. The first-order valence-electron chi connectivity index (χ1n) is 12.5. The average Bonchev–Trinajstić information content (AvgIpc) is 2.88. The largest absolute Gasteiger partial charge is 0.462 e. The number of ketones is 1. The molecule has 0 aromatic carbocycles. The number of thioether (sulfide) groups is 2. The van der Waals surface area contributed by atoms with E-state index in [4.69, 9.17) is 9.47 Å². The highest BCUT2D eigenvalue weighted by molar-refractivity contribution is 8.00. The standard InChI is InChI=1S/C26H36N2O5S2/c1-4-32-26(31)20(14-27)13-18-5-7-22(34-15-18)24(29)19-6-8-23(35-16-19)28-11-9-21(10-12-28)33-25(30)17(2)3/h13,18-19,21-23H,2,4-12,15-16H2,1,3H3/b20-13+. The average molecular weight is 521 g/mol. The number of Topliss-reactive ketones (excluding diaryl/α,β-unsaturated/α-hetero) is 1. The fourth-order valence-corrected chi connectivity index (χ4v) is 7.68. The maximum absolute atomic E-state index is 13.2. The molecule has 3 saturated heterocycles. The smallest absolute Gasteiger partial charge is 0.348 e. The molecule has 4 unspecified atom stereocenters. The highest BCUT2D eigenvalue weighted by atomic mass is 32.2. The number of ether oxygens (including phenoxy) is 2. The van der Waals surface area contributed by atoms with Gasteiger partial charge in [0.15, 0.2) is 0 Å². The molecule has 0 N–H and O–H groups in total. The summed E-state index contributed by atoms with van der Waals surface area (Å²) in [5, 5.41) is 9.67. The van der Waals surface area contributed by atoms with E-state index in [2.05, 4.69) is 11.5 Å². The van der Waals surface area contributed by atoms with Crippen molar-refractivity contribution in [1.29, 1.82) is 5.26 Å². The van der Waals surface area contributed by atoms with Crippen LogP contribution >= 0.6 is 23.5 Å². The van der Waals surface area contributed by atoms with E-state index in [9.17, 15) is 19.6 Å². The van der Waals surface area contributed by atoms with E-state index in [0.29, 0.717) is 16.7 Å². The highest BCUT2D eigenvalue weighted by Crippen LogP contribution is 2.38. The third kappa shape index (κ3) is 7.86. The van der Waals surface area contributed by atoms with E-state index in [1.165, 1.54) is 0 Å². The predicted molar refractivity (Wildman–Crippen MR) is 139 cm³/mol. The lowest BCUT2D eigenvalue weighted by Gasteiger charge is -2.40. The Kier molecular flexibility index (Phi) is 10.7. The molecule has 3 aliphatic heterocycles. The van der Waals surface area contributed by atoms with Gasteiger partial charge in [0.1, 0.15) is 23.5 Å². The summed E-state index contributed by atoms with van der Waals surface area (Å²) >= 11 is 3.55. The molecule has 3 fully saturated rings. The molecule has 0 aliphatic carbocycles. The summed E-state index contributed by atoms with van der Waals surface area (Å²) in [5.41, 5.74) is 0.507. The normalized spacial score (nSPS) is 28.5. The quantitative estimate of drug-likeness (QED) is 0.266. The van der Waals surface area contributed by atoms with Gasteiger partial charge in [0.25, 0.3) is 0 Å². The lowest BCUT2D eigenvalue weighted by molar-refractivity contribution is -0.146. The Morgan fingerprint density at radius 1 is 1.06 bits per heavy atom. The lowest BCUT2D eigenvalue weighted by Crippen LogP contribution is -2.45. The van der Waals surface area contributed by atoms with Gasteiger partial charge in [-0.15, -0.1) is 11.8 Å². The van der Waals surface area contributed by atoms with Gasteiger partial charge in [-0.2, -0.15) is 17.0 Å². The SMILES string of the molecule is C=C(C)C(=O)OC1CCN(C2CCC(C(=O)C3CCC(/C=C(\C#N)C(=O)OCC)CS3)CS2)CC1. The van der Waals surface area contributed by atoms with E-state index in [-0.39, 0.29) is 41.3 Å². The number of carbonyl (C=O) groups is 3. The maximum atomic E-state index is 13.2. The first-order valence-corrected chi connectivity index (χ1v) is 14.6. The van der Waals surface area contributed by atoms with Crippen LogP contribution in [0.25, 0.3) is 0 Å². The number of hydrogen-bond acceptors (Lipinski definition) is 9. The Bertz CT molecular complexity index is 859. The fraction of sp³-hybridized carbons (Fsp3) is 0.692. The molecule has 4 atom stereocenters. The van der Waals surface area contributed by atoms with Gasteiger partial charge in [-0.25, -0.2) is 9.59 Å². The van der Waals surface area contributed by atoms with Gasteiger partial charge in [-0.05, 0) is 58.3 Å². The molecule has 35 heavy (non-hydrogen) atoms. The van der Waals surface area contributed by atoms with E-state index in [1.807, 2.05) is 17.8 Å². The molecular formula is C26H36N2O5S2. The molecule has 0 aromatic rings. The summed E-state index contributed by atoms with van der Waals surface area (Å²) in [7, 11) is 0. The van der Waals surface area contributed by atoms with Gasteiger partial charge < -0.3 is 9.47 Å². The molecule has 0 spiro atoms. The summed E-state index contributed by atoms with van der Waals surface area (Å²) in [4.78, 5) is 39.2. The molecule has 3 heterocycles. The van der Waals surface area contributed by atoms with E-state index in [1.54, 1.807) is 31.7 Å². The second-order valence-corrected chi connectivity index (χ2v) is 11.9. The first kappa shape index (κ1) is 27.8. The second kappa shape index (κ2) is 13.5. The number of hydrogen-bond donors (Lipinski definition) is 0. The summed E-state index contributed by atoms with van der Waals surface area (Å²) in [5.74, 6) is 1.31. The number of esters is 2. The molecule has 0 amide bonds. The highest BCUT2D eigenvalue weighted by Gasteiger charge is 2.36. The van der Waals surface area contributed by atoms with Crippen LogP contribution < -0.4 is 0 Å². The van der Waals surface area contributed by atoms with Gasteiger partial charge in [-0.1, -0.05) is 12.7 Å². The molecule has 0 radical (unpaired) electrons. The molecular weight excluding hydrogens is 484 g/mol. The molecule has 0 bridgehead atoms. The van der Waals surface area contributed by atoms with Gasteiger partial charge in [0, 0.05) is 36.1 Å². The predicted octanol–water partition coefficient (Wildman–Crippen LogP) is 4.13. The van der Waals surface area contributed by atoms with Crippen LogP contribution in [0.4, 0.5) is 0 Å². The summed E-state index contributed by atoms with van der Waals surface area (Å²) in [6.07, 6.45) is 6.90. The van der Waals surface area contributed by atoms with Crippen LogP contribution in [0.15, 0.2) is 23.8 Å². The zero-order valence-electron chi connectivity index (χ0n) is 20.7. The molecule has 9 heteroatoms. The zero-order chi connectivity index (χ0) is 25.4. The van der Waals surface area contributed by atoms with Crippen molar-refractivity contribution in [2.24, 2.45) is 11.8 Å². The van der Waals surface area contributed by atoms with Crippen molar-refractivity contribution in [2.75, 3.05) is 31.2 Å². The first-order chi connectivity index (χ1) is 16.8. The zero-order valence-corrected chi connectivity index (χ0v) is 22.3. The van der Waals surface area contributed by atoms with E-state index in [0.717, 1.165) is 63.1 Å². The van der Waals surface area contributed by atoms with Crippen LogP contribution in [-0.4, -0.2) is 70.6 Å². The van der Waals surface area contributed by atoms with Gasteiger partial charge in [0.2, 0.25) is 0 Å². The minimum atomic E-state index is -0.566. The Morgan fingerprint density at radius 3 is 2.34 bits per heavy atom. The van der Waals surface area contributed by atoms with E-state index < -0.39 is 5.97 Å². The van der Waals surface area contributed by atoms with E-state index >= 15 is 0 Å². The molecule has 0 saturated carbocycles. The molecule has 3 aliphatic rings. The monoisotopic (exact) mass is 520 g/mol. The summed E-state index contributed by atoms with van der Waals surface area (Å²) in [6, 6.07) is 1.94. The Morgan fingerprint density at radius 2 is 1.80 bits per heavy atom. The Balaban J connectivity index is 1.39. The van der Waals surface area contributed by atoms with Crippen LogP contribution in [0.2, 0.25) is 0 Å². The van der Waals surface area contributed by atoms with Crippen LogP contribution in [0.5, 0.6) is 0 Å². The second-order valence-electron chi connectivity index (χ2n) is 9.46. The topological polar surface area (TPSA) is 96.7 Å².